The first-order chi connectivity index (χ1) is 8.52. The molecule has 1 unspecified atom stereocenters. The molecule has 0 radical (unpaired) electrons. The average molecular weight is 333 g/mol. The molecule has 0 saturated carbocycles. The molecule has 0 fully saturated rings. The second-order valence-electron chi connectivity index (χ2n) is 3.87. The minimum Gasteiger partial charge on any atom is -0.271 e. The molecule has 0 bridgehead atoms. The summed E-state index contributed by atoms with van der Waals surface area (Å²) in [5, 5.41) is 0. The van der Waals surface area contributed by atoms with Crippen LogP contribution < -0.4 is 11.3 Å². The molecule has 0 aliphatic carbocycles. The molecule has 1 aromatic heterocycles. The summed E-state index contributed by atoms with van der Waals surface area (Å²) in [4.78, 5) is 0.868. The highest BCUT2D eigenvalue weighted by atomic mass is 79.9. The number of aryl methyl sites for hydroxylation is 1. The van der Waals surface area contributed by atoms with Crippen molar-refractivity contribution >= 4 is 27.3 Å². The minimum absolute atomic E-state index is 0.327. The van der Waals surface area contributed by atoms with Crippen molar-refractivity contribution in [3.63, 3.8) is 0 Å². The normalized spacial score (nSPS) is 12.7. The van der Waals surface area contributed by atoms with Gasteiger partial charge in [-0.05, 0) is 40.5 Å². The molecule has 1 atom stereocenters. The fourth-order valence-corrected chi connectivity index (χ4v) is 3.34. The largest absolute Gasteiger partial charge is 0.271 e. The third-order valence-corrected chi connectivity index (χ3v) is 4.80. The minimum atomic E-state index is -0.611. The number of nitrogens with one attached hydrogen (secondary N) is 1. The van der Waals surface area contributed by atoms with Gasteiger partial charge in [0.05, 0.1) is 9.83 Å². The Morgan fingerprint density at radius 2 is 2.06 bits per heavy atom. The third kappa shape index (κ3) is 2.61. The molecule has 1 aromatic carbocycles. The molecule has 2 nitrogen and oxygen atoms in total. The molecule has 0 aliphatic heterocycles. The quantitative estimate of drug-likeness (QED) is 0.665. The monoisotopic (exact) mass is 332 g/mol. The lowest BCUT2D eigenvalue weighted by Crippen LogP contribution is -2.29. The molecule has 0 spiro atoms. The standard InChI is InChI=1S/C12H11BrF2N2S/c1-6-4-10(18-12(6)13)11(17-16)8-3-2-7(14)5-9(8)15/h2-5,11,17H,16H2,1H3. The molecule has 18 heavy (non-hydrogen) atoms. The molecular weight excluding hydrogens is 322 g/mol. The van der Waals surface area contributed by atoms with Crippen molar-refractivity contribution in [3.05, 3.63) is 55.7 Å². The highest BCUT2D eigenvalue weighted by molar-refractivity contribution is 9.11. The summed E-state index contributed by atoms with van der Waals surface area (Å²) in [5.41, 5.74) is 3.94. The van der Waals surface area contributed by atoms with Crippen molar-refractivity contribution in [3.8, 4) is 0 Å². The van der Waals surface area contributed by atoms with Crippen LogP contribution in [0.3, 0.4) is 0 Å². The van der Waals surface area contributed by atoms with Crippen LogP contribution in [0, 0.1) is 18.6 Å². The van der Waals surface area contributed by atoms with E-state index in [-0.39, 0.29) is 0 Å². The average Bonchev–Trinajstić information content (AvgIpc) is 2.63. The zero-order valence-electron chi connectivity index (χ0n) is 9.51. The van der Waals surface area contributed by atoms with Crippen molar-refractivity contribution in [2.45, 2.75) is 13.0 Å². The fraction of sp³-hybridized carbons (Fsp3) is 0.167. The van der Waals surface area contributed by atoms with E-state index in [1.54, 1.807) is 0 Å². The number of benzene rings is 1. The first-order valence-corrected chi connectivity index (χ1v) is 6.80. The molecule has 2 rings (SSSR count). The highest BCUT2D eigenvalue weighted by Gasteiger charge is 2.19. The summed E-state index contributed by atoms with van der Waals surface area (Å²) in [6, 6.07) is 4.91. The fourth-order valence-electron chi connectivity index (χ4n) is 1.69. The summed E-state index contributed by atoms with van der Waals surface area (Å²) in [5.74, 6) is 4.27. The van der Waals surface area contributed by atoms with Crippen molar-refractivity contribution in [1.82, 2.24) is 5.43 Å². The van der Waals surface area contributed by atoms with E-state index in [4.69, 9.17) is 5.84 Å². The van der Waals surface area contributed by atoms with E-state index in [0.717, 1.165) is 20.3 Å². The first-order valence-electron chi connectivity index (χ1n) is 5.20. The Labute approximate surface area is 116 Å². The summed E-state index contributed by atoms with van der Waals surface area (Å²) >= 11 is 4.88. The second kappa shape index (κ2) is 5.44. The van der Waals surface area contributed by atoms with Gasteiger partial charge in [0, 0.05) is 16.5 Å². The first kappa shape index (κ1) is 13.6. The zero-order valence-corrected chi connectivity index (χ0v) is 11.9. The summed E-state index contributed by atoms with van der Waals surface area (Å²) in [6.45, 7) is 1.94. The third-order valence-electron chi connectivity index (χ3n) is 2.60. The molecule has 6 heteroatoms. The van der Waals surface area contributed by atoms with Crippen LogP contribution in [-0.4, -0.2) is 0 Å². The van der Waals surface area contributed by atoms with E-state index in [9.17, 15) is 8.78 Å². The second-order valence-corrected chi connectivity index (χ2v) is 6.27. The molecule has 2 aromatic rings. The maximum atomic E-state index is 13.7. The summed E-state index contributed by atoms with van der Waals surface area (Å²) < 4.78 is 27.6. The van der Waals surface area contributed by atoms with Gasteiger partial charge in [0.1, 0.15) is 11.6 Å². The van der Waals surface area contributed by atoms with Crippen molar-refractivity contribution in [1.29, 1.82) is 0 Å². The van der Waals surface area contributed by atoms with Crippen LogP contribution in [0.4, 0.5) is 8.78 Å². The summed E-state index contributed by atoms with van der Waals surface area (Å²) in [7, 11) is 0. The van der Waals surface area contributed by atoms with Gasteiger partial charge in [-0.15, -0.1) is 11.3 Å². The number of thiophene rings is 1. The van der Waals surface area contributed by atoms with Gasteiger partial charge in [-0.3, -0.25) is 5.84 Å². The summed E-state index contributed by atoms with van der Waals surface area (Å²) in [6.07, 6.45) is 0. The Morgan fingerprint density at radius 3 is 2.56 bits per heavy atom. The lowest BCUT2D eigenvalue weighted by molar-refractivity contribution is 0.544. The molecule has 0 saturated heterocycles. The Morgan fingerprint density at radius 1 is 1.33 bits per heavy atom. The van der Waals surface area contributed by atoms with Crippen LogP contribution >= 0.6 is 27.3 Å². The van der Waals surface area contributed by atoms with Crippen LogP contribution in [0.25, 0.3) is 0 Å². The van der Waals surface area contributed by atoms with Crippen LogP contribution in [0.5, 0.6) is 0 Å². The van der Waals surface area contributed by atoms with Crippen molar-refractivity contribution in [2.75, 3.05) is 0 Å². The van der Waals surface area contributed by atoms with Gasteiger partial charge >= 0.3 is 0 Å². The van der Waals surface area contributed by atoms with E-state index in [0.29, 0.717) is 5.56 Å². The SMILES string of the molecule is Cc1cc(C(NN)c2ccc(F)cc2F)sc1Br. The van der Waals surface area contributed by atoms with Gasteiger partial charge < -0.3 is 0 Å². The number of rotatable bonds is 3. The Kier molecular flexibility index (Phi) is 4.11. The molecule has 1 heterocycles. The lowest BCUT2D eigenvalue weighted by Gasteiger charge is -2.15. The lowest BCUT2D eigenvalue weighted by atomic mass is 10.0. The van der Waals surface area contributed by atoms with Crippen molar-refractivity contribution in [2.24, 2.45) is 5.84 Å². The van der Waals surface area contributed by atoms with Gasteiger partial charge in [0.15, 0.2) is 0 Å². The Balaban J connectivity index is 2.45. The smallest absolute Gasteiger partial charge is 0.131 e. The zero-order chi connectivity index (χ0) is 13.3. The molecular formula is C12H11BrF2N2S. The van der Waals surface area contributed by atoms with E-state index >= 15 is 0 Å². The highest BCUT2D eigenvalue weighted by Crippen LogP contribution is 2.34. The number of hydrazine groups is 1. The number of nitrogens with two attached hydrogens (primary N) is 1. The van der Waals surface area contributed by atoms with E-state index in [1.165, 1.54) is 23.5 Å². The molecule has 3 N–H and O–H groups in total. The topological polar surface area (TPSA) is 38.0 Å². The maximum absolute atomic E-state index is 13.7. The van der Waals surface area contributed by atoms with Gasteiger partial charge in [-0.1, -0.05) is 6.07 Å². The van der Waals surface area contributed by atoms with Crippen LogP contribution in [0.15, 0.2) is 28.1 Å². The van der Waals surface area contributed by atoms with Crippen molar-refractivity contribution < 1.29 is 8.78 Å². The van der Waals surface area contributed by atoms with Gasteiger partial charge in [0.2, 0.25) is 0 Å². The molecule has 0 amide bonds. The number of hydrogen-bond acceptors (Lipinski definition) is 3. The van der Waals surface area contributed by atoms with Crippen LogP contribution in [-0.2, 0) is 0 Å². The molecule has 96 valence electrons. The van der Waals surface area contributed by atoms with E-state index in [2.05, 4.69) is 21.4 Å². The Bertz CT molecular complexity index is 552. The van der Waals surface area contributed by atoms with Crippen LogP contribution in [0.2, 0.25) is 0 Å². The van der Waals surface area contributed by atoms with Gasteiger partial charge in [0.25, 0.3) is 0 Å². The van der Waals surface area contributed by atoms with Gasteiger partial charge in [-0.25, -0.2) is 14.2 Å². The maximum Gasteiger partial charge on any atom is 0.131 e. The van der Waals surface area contributed by atoms with E-state index in [1.807, 2.05) is 13.0 Å². The van der Waals surface area contributed by atoms with Crippen LogP contribution in [0.1, 0.15) is 22.0 Å². The number of halogens is 3. The molecule has 0 aliphatic rings. The predicted molar refractivity (Wildman–Crippen MR) is 72.3 cm³/mol. The Hall–Kier alpha value is -0.820. The van der Waals surface area contributed by atoms with Gasteiger partial charge in [-0.2, -0.15) is 0 Å². The predicted octanol–water partition coefficient (Wildman–Crippen LogP) is 3.65. The number of hydrogen-bond donors (Lipinski definition) is 2. The van der Waals surface area contributed by atoms with E-state index < -0.39 is 17.7 Å².